The molecular weight excluding hydrogens is 294 g/mol. The molecule has 23 heavy (non-hydrogen) atoms. The van der Waals surface area contributed by atoms with Gasteiger partial charge >= 0.3 is 0 Å². The maximum Gasteiger partial charge on any atom is 0.227 e. The molecule has 1 saturated carbocycles. The van der Waals surface area contributed by atoms with Gasteiger partial charge in [-0.15, -0.1) is 0 Å². The number of amides is 1. The van der Waals surface area contributed by atoms with E-state index in [0.717, 1.165) is 18.4 Å². The number of fused-ring (bicyclic) bond motifs is 1. The Kier molecular flexibility index (Phi) is 5.06. The van der Waals surface area contributed by atoms with E-state index in [1.165, 1.54) is 12.8 Å². The third-order valence-electron chi connectivity index (χ3n) is 4.86. The zero-order valence-corrected chi connectivity index (χ0v) is 13.9. The van der Waals surface area contributed by atoms with Crippen LogP contribution in [0.5, 0.6) is 11.5 Å². The molecule has 1 saturated heterocycles. The number of morpholine rings is 1. The zero-order chi connectivity index (χ0) is 16.2. The SMILES string of the molecule is COc1ccc(CC(=O)N2CCO[C@H]3CCCC[C@H]32)cc1OC. The molecule has 2 fully saturated rings. The molecule has 0 aromatic heterocycles. The van der Waals surface area contributed by atoms with Gasteiger partial charge in [-0.3, -0.25) is 4.79 Å². The molecule has 0 N–H and O–H groups in total. The van der Waals surface area contributed by atoms with Crippen LogP contribution in [0.2, 0.25) is 0 Å². The van der Waals surface area contributed by atoms with Crippen LogP contribution in [-0.4, -0.2) is 50.3 Å². The highest BCUT2D eigenvalue weighted by Crippen LogP contribution is 2.30. The molecule has 126 valence electrons. The summed E-state index contributed by atoms with van der Waals surface area (Å²) >= 11 is 0. The molecule has 1 aliphatic carbocycles. The molecule has 1 aliphatic heterocycles. The van der Waals surface area contributed by atoms with Crippen LogP contribution in [0.4, 0.5) is 0 Å². The maximum atomic E-state index is 12.8. The summed E-state index contributed by atoms with van der Waals surface area (Å²) in [6.07, 6.45) is 5.15. The number of methoxy groups -OCH3 is 2. The van der Waals surface area contributed by atoms with Crippen molar-refractivity contribution in [1.29, 1.82) is 0 Å². The van der Waals surface area contributed by atoms with Gasteiger partial charge in [0.1, 0.15) is 0 Å². The first-order valence-corrected chi connectivity index (χ1v) is 8.35. The number of carbonyl (C=O) groups excluding carboxylic acids is 1. The Morgan fingerprint density at radius 1 is 1.22 bits per heavy atom. The van der Waals surface area contributed by atoms with Crippen molar-refractivity contribution in [2.24, 2.45) is 0 Å². The topological polar surface area (TPSA) is 48.0 Å². The minimum absolute atomic E-state index is 0.178. The Hall–Kier alpha value is -1.75. The lowest BCUT2D eigenvalue weighted by Gasteiger charge is -2.43. The van der Waals surface area contributed by atoms with Gasteiger partial charge in [-0.05, 0) is 30.5 Å². The van der Waals surface area contributed by atoms with Gasteiger partial charge in [0.2, 0.25) is 5.91 Å². The summed E-state index contributed by atoms with van der Waals surface area (Å²) in [6, 6.07) is 5.92. The van der Waals surface area contributed by atoms with E-state index >= 15 is 0 Å². The average Bonchev–Trinajstić information content (AvgIpc) is 2.61. The van der Waals surface area contributed by atoms with Gasteiger partial charge in [0.25, 0.3) is 0 Å². The Morgan fingerprint density at radius 2 is 2.00 bits per heavy atom. The molecule has 1 amide bonds. The van der Waals surface area contributed by atoms with Gasteiger partial charge in [0.15, 0.2) is 11.5 Å². The summed E-state index contributed by atoms with van der Waals surface area (Å²) in [5.41, 5.74) is 0.950. The highest BCUT2D eigenvalue weighted by molar-refractivity contribution is 5.79. The van der Waals surface area contributed by atoms with Gasteiger partial charge in [0.05, 0.1) is 39.4 Å². The van der Waals surface area contributed by atoms with Crippen LogP contribution >= 0.6 is 0 Å². The van der Waals surface area contributed by atoms with E-state index in [-0.39, 0.29) is 18.1 Å². The Balaban J connectivity index is 1.70. The van der Waals surface area contributed by atoms with E-state index in [1.54, 1.807) is 14.2 Å². The Morgan fingerprint density at radius 3 is 2.78 bits per heavy atom. The monoisotopic (exact) mass is 319 g/mol. The molecule has 1 heterocycles. The molecule has 1 aromatic carbocycles. The first kappa shape index (κ1) is 16.1. The number of hydrogen-bond acceptors (Lipinski definition) is 4. The molecule has 0 radical (unpaired) electrons. The van der Waals surface area contributed by atoms with Crippen molar-refractivity contribution in [2.45, 2.75) is 44.2 Å². The summed E-state index contributed by atoms with van der Waals surface area (Å²) in [4.78, 5) is 14.8. The molecule has 5 heteroatoms. The molecule has 3 rings (SSSR count). The third-order valence-corrected chi connectivity index (χ3v) is 4.86. The van der Waals surface area contributed by atoms with Gasteiger partial charge in [0, 0.05) is 6.54 Å². The van der Waals surface area contributed by atoms with Crippen molar-refractivity contribution in [3.8, 4) is 11.5 Å². The number of benzene rings is 1. The van der Waals surface area contributed by atoms with Crippen LogP contribution in [0.1, 0.15) is 31.2 Å². The minimum Gasteiger partial charge on any atom is -0.493 e. The van der Waals surface area contributed by atoms with E-state index in [2.05, 4.69) is 0 Å². The van der Waals surface area contributed by atoms with Crippen LogP contribution in [0.15, 0.2) is 18.2 Å². The molecule has 5 nitrogen and oxygen atoms in total. The number of hydrogen-bond donors (Lipinski definition) is 0. The quantitative estimate of drug-likeness (QED) is 0.855. The second kappa shape index (κ2) is 7.21. The van der Waals surface area contributed by atoms with Crippen LogP contribution in [-0.2, 0) is 16.0 Å². The van der Waals surface area contributed by atoms with E-state index in [4.69, 9.17) is 14.2 Å². The highest BCUT2D eigenvalue weighted by Gasteiger charge is 2.36. The van der Waals surface area contributed by atoms with E-state index in [0.29, 0.717) is 31.1 Å². The molecule has 1 aromatic rings. The van der Waals surface area contributed by atoms with Crippen LogP contribution in [0.3, 0.4) is 0 Å². The zero-order valence-electron chi connectivity index (χ0n) is 13.9. The lowest BCUT2D eigenvalue weighted by atomic mass is 9.90. The van der Waals surface area contributed by atoms with Crippen LogP contribution in [0, 0.1) is 0 Å². The normalized spacial score (nSPS) is 24.0. The van der Waals surface area contributed by atoms with Crippen molar-refractivity contribution < 1.29 is 19.0 Å². The molecule has 0 spiro atoms. The lowest BCUT2D eigenvalue weighted by Crippen LogP contribution is -2.55. The van der Waals surface area contributed by atoms with Gasteiger partial charge in [-0.1, -0.05) is 18.9 Å². The largest absolute Gasteiger partial charge is 0.493 e. The van der Waals surface area contributed by atoms with Crippen LogP contribution < -0.4 is 9.47 Å². The van der Waals surface area contributed by atoms with Crippen LogP contribution in [0.25, 0.3) is 0 Å². The highest BCUT2D eigenvalue weighted by atomic mass is 16.5. The summed E-state index contributed by atoms with van der Waals surface area (Å²) in [5.74, 6) is 1.52. The molecule has 0 unspecified atom stereocenters. The maximum absolute atomic E-state index is 12.8. The predicted octanol–water partition coefficient (Wildman–Crippen LogP) is 2.42. The molecular formula is C18H25NO4. The molecule has 2 atom stereocenters. The fourth-order valence-electron chi connectivity index (χ4n) is 3.67. The average molecular weight is 319 g/mol. The summed E-state index contributed by atoms with van der Waals surface area (Å²) < 4.78 is 16.4. The standard InChI is InChI=1S/C18H25NO4/c1-21-16-8-7-13(11-17(16)22-2)12-18(20)19-9-10-23-15-6-4-3-5-14(15)19/h7-8,11,14-15H,3-6,9-10,12H2,1-2H3/t14-,15+/m1/s1. The van der Waals surface area contributed by atoms with E-state index in [1.807, 2.05) is 23.1 Å². The first-order valence-electron chi connectivity index (χ1n) is 8.35. The third kappa shape index (κ3) is 3.44. The van der Waals surface area contributed by atoms with E-state index < -0.39 is 0 Å². The van der Waals surface area contributed by atoms with E-state index in [9.17, 15) is 4.79 Å². The fourth-order valence-corrected chi connectivity index (χ4v) is 3.67. The second-order valence-corrected chi connectivity index (χ2v) is 6.21. The summed E-state index contributed by atoms with van der Waals surface area (Å²) in [6.45, 7) is 1.35. The second-order valence-electron chi connectivity index (χ2n) is 6.21. The lowest BCUT2D eigenvalue weighted by molar-refractivity contribution is -0.148. The van der Waals surface area contributed by atoms with Crippen molar-refractivity contribution in [3.63, 3.8) is 0 Å². The van der Waals surface area contributed by atoms with Crippen molar-refractivity contribution in [1.82, 2.24) is 4.90 Å². The summed E-state index contributed by atoms with van der Waals surface area (Å²) in [7, 11) is 3.22. The Labute approximate surface area is 137 Å². The van der Waals surface area contributed by atoms with Gasteiger partial charge in [-0.25, -0.2) is 0 Å². The number of ether oxygens (including phenoxy) is 3. The number of rotatable bonds is 4. The first-order chi connectivity index (χ1) is 11.2. The predicted molar refractivity (Wildman–Crippen MR) is 87.0 cm³/mol. The minimum atomic E-state index is 0.178. The molecule has 2 aliphatic rings. The molecule has 0 bridgehead atoms. The van der Waals surface area contributed by atoms with Gasteiger partial charge in [-0.2, -0.15) is 0 Å². The number of nitrogens with zero attached hydrogens (tertiary/aromatic N) is 1. The Bertz CT molecular complexity index is 558. The van der Waals surface area contributed by atoms with Gasteiger partial charge < -0.3 is 19.1 Å². The van der Waals surface area contributed by atoms with Crippen molar-refractivity contribution >= 4 is 5.91 Å². The van der Waals surface area contributed by atoms with Crippen molar-refractivity contribution in [2.75, 3.05) is 27.4 Å². The fraction of sp³-hybridized carbons (Fsp3) is 0.611. The number of carbonyl (C=O) groups is 1. The smallest absolute Gasteiger partial charge is 0.227 e. The summed E-state index contributed by atoms with van der Waals surface area (Å²) in [5, 5.41) is 0. The van der Waals surface area contributed by atoms with Crippen molar-refractivity contribution in [3.05, 3.63) is 23.8 Å².